The van der Waals surface area contributed by atoms with Gasteiger partial charge in [-0.25, -0.2) is 0 Å². The number of esters is 1. The molecule has 0 amide bonds. The Hall–Kier alpha value is -1.38. The van der Waals surface area contributed by atoms with Crippen molar-refractivity contribution in [3.05, 3.63) is 11.6 Å². The van der Waals surface area contributed by atoms with E-state index in [-0.39, 0.29) is 23.4 Å². The fourth-order valence-electron chi connectivity index (χ4n) is 7.18. The largest absolute Gasteiger partial charge is 0.462 e. The number of aliphatic hydroxyl groups is 2. The Labute approximate surface area is 161 Å². The van der Waals surface area contributed by atoms with Gasteiger partial charge in [-0.15, -0.1) is 0 Å². The number of hydrogen-bond donors (Lipinski definition) is 2. The number of fused-ring (bicyclic) bond motifs is 5. The molecule has 4 rings (SSSR count). The van der Waals surface area contributed by atoms with Crippen molar-refractivity contribution >= 4 is 5.97 Å². The van der Waals surface area contributed by atoms with E-state index in [0.29, 0.717) is 18.3 Å². The second kappa shape index (κ2) is 6.06. The van der Waals surface area contributed by atoms with Gasteiger partial charge in [0.05, 0.1) is 6.10 Å². The van der Waals surface area contributed by atoms with E-state index in [1.54, 1.807) is 0 Å². The summed E-state index contributed by atoms with van der Waals surface area (Å²) in [5.41, 5.74) is -0.669. The summed E-state index contributed by atoms with van der Waals surface area (Å²) >= 11 is 0. The van der Waals surface area contributed by atoms with Gasteiger partial charge in [0.1, 0.15) is 12.2 Å². The summed E-state index contributed by atoms with van der Waals surface area (Å²) in [7, 11) is 0. The van der Waals surface area contributed by atoms with Crippen LogP contribution in [0.4, 0.5) is 0 Å². The minimum atomic E-state index is -1.64. The number of carbonyl (C=O) groups excluding carboxylic acids is 1. The molecule has 3 saturated carbocycles. The molecule has 148 valence electrons. The lowest BCUT2D eigenvalue weighted by Gasteiger charge is -2.58. The highest BCUT2D eigenvalue weighted by atomic mass is 16.5. The zero-order valence-electron chi connectivity index (χ0n) is 16.6. The molecule has 0 aromatic heterocycles. The molecule has 3 fully saturated rings. The molecule has 0 aromatic rings. The number of nitrogens with zero attached hydrogens (tertiary/aromatic N) is 1. The van der Waals surface area contributed by atoms with Crippen molar-refractivity contribution in [3.63, 3.8) is 0 Å². The van der Waals surface area contributed by atoms with Crippen molar-refractivity contribution < 1.29 is 19.7 Å². The maximum atomic E-state index is 11.3. The topological polar surface area (TPSA) is 90.6 Å². The van der Waals surface area contributed by atoms with Gasteiger partial charge in [-0.2, -0.15) is 5.26 Å². The van der Waals surface area contributed by atoms with Crippen LogP contribution in [0, 0.1) is 39.9 Å². The van der Waals surface area contributed by atoms with Crippen molar-refractivity contribution in [3.8, 4) is 6.07 Å². The number of ether oxygens (including phenoxy) is 1. The van der Waals surface area contributed by atoms with Gasteiger partial charge in [-0.3, -0.25) is 4.79 Å². The maximum absolute atomic E-state index is 11.3. The highest BCUT2D eigenvalue weighted by molar-refractivity contribution is 5.66. The molecule has 0 aliphatic heterocycles. The minimum Gasteiger partial charge on any atom is -0.462 e. The van der Waals surface area contributed by atoms with Crippen LogP contribution in [0.25, 0.3) is 0 Å². The summed E-state index contributed by atoms with van der Waals surface area (Å²) < 4.78 is 5.48. The van der Waals surface area contributed by atoms with Crippen LogP contribution in [0.1, 0.15) is 65.7 Å². The SMILES string of the molecule is CC(=O)OC1CCC2(C)C(=CCC3C2CCC2(C)C3CC(O)C2(O)C#N)C1. The highest BCUT2D eigenvalue weighted by Gasteiger charge is 2.67. The fraction of sp³-hybridized carbons (Fsp3) is 0.818. The quantitative estimate of drug-likeness (QED) is 0.419. The van der Waals surface area contributed by atoms with Gasteiger partial charge in [-0.1, -0.05) is 25.5 Å². The lowest BCUT2D eigenvalue weighted by molar-refractivity contribution is -0.149. The Balaban J connectivity index is 1.63. The lowest BCUT2D eigenvalue weighted by Crippen LogP contribution is -2.56. The first kappa shape index (κ1) is 19.0. The maximum Gasteiger partial charge on any atom is 0.302 e. The third-order valence-electron chi connectivity index (χ3n) is 8.78. The predicted molar refractivity (Wildman–Crippen MR) is 99.2 cm³/mol. The van der Waals surface area contributed by atoms with Crippen LogP contribution in [-0.4, -0.2) is 34.0 Å². The van der Waals surface area contributed by atoms with Crippen LogP contribution in [0.2, 0.25) is 0 Å². The molecule has 5 nitrogen and oxygen atoms in total. The number of allylic oxidation sites excluding steroid dienone is 1. The molecule has 0 saturated heterocycles. The van der Waals surface area contributed by atoms with Crippen LogP contribution < -0.4 is 0 Å². The van der Waals surface area contributed by atoms with E-state index < -0.39 is 17.1 Å². The standard InChI is InChI=1S/C22H31NO4/c1-13(24)27-15-6-8-20(2)14(10-15)4-5-16-17(20)7-9-21(3)18(16)11-19(25)22(21,26)12-23/h4,15-19,25-26H,5-11H2,1-3H3. The van der Waals surface area contributed by atoms with E-state index in [1.165, 1.54) is 12.5 Å². The van der Waals surface area contributed by atoms with Gasteiger partial charge in [0.2, 0.25) is 0 Å². The van der Waals surface area contributed by atoms with Crippen molar-refractivity contribution in [1.82, 2.24) is 0 Å². The summed E-state index contributed by atoms with van der Waals surface area (Å²) in [5.74, 6) is 0.848. The van der Waals surface area contributed by atoms with Crippen molar-refractivity contribution in [1.29, 1.82) is 5.26 Å². The number of hydrogen-bond acceptors (Lipinski definition) is 5. The lowest BCUT2D eigenvalue weighted by atomic mass is 9.47. The molecule has 4 aliphatic carbocycles. The van der Waals surface area contributed by atoms with Gasteiger partial charge in [0.15, 0.2) is 5.60 Å². The first-order valence-electron chi connectivity index (χ1n) is 10.3. The van der Waals surface area contributed by atoms with Crippen molar-refractivity contribution in [2.45, 2.75) is 83.5 Å². The van der Waals surface area contributed by atoms with E-state index in [0.717, 1.165) is 38.5 Å². The number of carbonyl (C=O) groups is 1. The monoisotopic (exact) mass is 373 g/mol. The summed E-state index contributed by atoms with van der Waals surface area (Å²) in [5, 5.41) is 31.1. The van der Waals surface area contributed by atoms with Crippen molar-refractivity contribution in [2.75, 3.05) is 0 Å². The van der Waals surface area contributed by atoms with E-state index in [9.17, 15) is 20.3 Å². The first-order valence-corrected chi connectivity index (χ1v) is 10.3. The fourth-order valence-corrected chi connectivity index (χ4v) is 7.18. The van der Waals surface area contributed by atoms with Crippen LogP contribution in [-0.2, 0) is 9.53 Å². The zero-order chi connectivity index (χ0) is 19.6. The van der Waals surface area contributed by atoms with E-state index >= 15 is 0 Å². The summed E-state index contributed by atoms with van der Waals surface area (Å²) in [4.78, 5) is 11.3. The second-order valence-corrected chi connectivity index (χ2v) is 9.82. The van der Waals surface area contributed by atoms with Gasteiger partial charge >= 0.3 is 5.97 Å². The normalized spacial score (nSPS) is 51.3. The highest BCUT2D eigenvalue weighted by Crippen LogP contribution is 2.67. The predicted octanol–water partition coefficient (Wildman–Crippen LogP) is 3.11. The second-order valence-electron chi connectivity index (χ2n) is 9.82. The van der Waals surface area contributed by atoms with Crippen LogP contribution in [0.15, 0.2) is 11.6 Å². The van der Waals surface area contributed by atoms with Crippen LogP contribution in [0.5, 0.6) is 0 Å². The van der Waals surface area contributed by atoms with Crippen LogP contribution in [0.3, 0.4) is 0 Å². The molecule has 5 heteroatoms. The molecular formula is C22H31NO4. The molecule has 8 atom stereocenters. The minimum absolute atomic E-state index is 0.00999. The molecule has 0 bridgehead atoms. The van der Waals surface area contributed by atoms with Gasteiger partial charge in [-0.05, 0) is 61.7 Å². The Kier molecular flexibility index (Phi) is 4.25. The van der Waals surface area contributed by atoms with Crippen LogP contribution >= 0.6 is 0 Å². The Morgan fingerprint density at radius 2 is 2.04 bits per heavy atom. The van der Waals surface area contributed by atoms with E-state index in [1.807, 2.05) is 6.92 Å². The van der Waals surface area contributed by atoms with E-state index in [4.69, 9.17) is 4.74 Å². The molecule has 8 unspecified atom stereocenters. The molecule has 27 heavy (non-hydrogen) atoms. The third kappa shape index (κ3) is 2.46. The van der Waals surface area contributed by atoms with Gasteiger partial charge in [0.25, 0.3) is 0 Å². The molecule has 0 spiro atoms. The first-order chi connectivity index (χ1) is 12.7. The molecule has 0 heterocycles. The van der Waals surface area contributed by atoms with E-state index in [2.05, 4.69) is 19.1 Å². The average molecular weight is 373 g/mol. The Morgan fingerprint density at radius 1 is 1.30 bits per heavy atom. The summed E-state index contributed by atoms with van der Waals surface area (Å²) in [6.07, 6.45) is 7.27. The van der Waals surface area contributed by atoms with Gasteiger partial charge < -0.3 is 14.9 Å². The number of rotatable bonds is 1. The van der Waals surface area contributed by atoms with Gasteiger partial charge in [0, 0.05) is 18.8 Å². The average Bonchev–Trinajstić information content (AvgIpc) is 2.82. The smallest absolute Gasteiger partial charge is 0.302 e. The molecule has 0 aromatic carbocycles. The Bertz CT molecular complexity index is 726. The molecule has 2 N–H and O–H groups in total. The number of aliphatic hydroxyl groups excluding tert-OH is 1. The molecule has 4 aliphatic rings. The zero-order valence-corrected chi connectivity index (χ0v) is 16.6. The number of nitriles is 1. The molecular weight excluding hydrogens is 342 g/mol. The van der Waals surface area contributed by atoms with Crippen molar-refractivity contribution in [2.24, 2.45) is 28.6 Å². The molecule has 0 radical (unpaired) electrons. The Morgan fingerprint density at radius 3 is 2.70 bits per heavy atom. The summed E-state index contributed by atoms with van der Waals surface area (Å²) in [6, 6.07) is 2.06. The third-order valence-corrected chi connectivity index (χ3v) is 8.78. The summed E-state index contributed by atoms with van der Waals surface area (Å²) in [6.45, 7) is 5.83.